The van der Waals surface area contributed by atoms with Crippen LogP contribution in [0.5, 0.6) is 0 Å². The van der Waals surface area contributed by atoms with Crippen molar-refractivity contribution in [1.29, 1.82) is 0 Å². The van der Waals surface area contributed by atoms with E-state index < -0.39 is 0 Å². The molecule has 0 rings (SSSR count). The van der Waals surface area contributed by atoms with Crippen molar-refractivity contribution in [2.75, 3.05) is 6.61 Å². The fourth-order valence-corrected chi connectivity index (χ4v) is 3.08. The minimum Gasteiger partial charge on any atom is -0.463 e. The zero-order valence-corrected chi connectivity index (χ0v) is 14.6. The summed E-state index contributed by atoms with van der Waals surface area (Å²) in [6.45, 7) is 10.8. The molecule has 0 unspecified atom stereocenters. The number of rotatable bonds is 14. The topological polar surface area (TPSA) is 26.3 Å². The lowest BCUT2D eigenvalue weighted by atomic mass is 9.71. The maximum absolute atomic E-state index is 11.1. The van der Waals surface area contributed by atoms with Gasteiger partial charge in [-0.05, 0) is 37.5 Å². The Morgan fingerprint density at radius 2 is 1.33 bits per heavy atom. The van der Waals surface area contributed by atoms with Crippen molar-refractivity contribution in [3.8, 4) is 0 Å². The number of esters is 1. The lowest BCUT2D eigenvalue weighted by Gasteiger charge is -2.34. The van der Waals surface area contributed by atoms with Crippen molar-refractivity contribution in [2.45, 2.75) is 91.4 Å². The number of hydrogen-bond donors (Lipinski definition) is 0. The van der Waals surface area contributed by atoms with Gasteiger partial charge in [-0.2, -0.15) is 0 Å². The first kappa shape index (κ1) is 20.2. The van der Waals surface area contributed by atoms with Gasteiger partial charge >= 0.3 is 5.97 Å². The third-order valence-electron chi connectivity index (χ3n) is 4.44. The van der Waals surface area contributed by atoms with E-state index >= 15 is 0 Å². The first-order valence-corrected chi connectivity index (χ1v) is 8.93. The van der Waals surface area contributed by atoms with Crippen LogP contribution in [-0.2, 0) is 9.53 Å². The van der Waals surface area contributed by atoms with Crippen molar-refractivity contribution in [2.24, 2.45) is 5.41 Å². The lowest BCUT2D eigenvalue weighted by Crippen LogP contribution is -2.22. The summed E-state index contributed by atoms with van der Waals surface area (Å²) in [6.07, 6.45) is 15.2. The fraction of sp³-hybridized carbons (Fsp3) is 0.842. The van der Waals surface area contributed by atoms with Gasteiger partial charge in [0.25, 0.3) is 0 Å². The van der Waals surface area contributed by atoms with Crippen LogP contribution in [0.2, 0.25) is 0 Å². The van der Waals surface area contributed by atoms with Crippen molar-refractivity contribution in [3.05, 3.63) is 12.7 Å². The molecule has 0 aliphatic rings. The van der Waals surface area contributed by atoms with Crippen LogP contribution in [0.15, 0.2) is 12.7 Å². The monoisotopic (exact) mass is 296 g/mol. The molecule has 0 bridgehead atoms. The largest absolute Gasteiger partial charge is 0.463 e. The summed E-state index contributed by atoms with van der Waals surface area (Å²) in [5.74, 6) is -0.295. The van der Waals surface area contributed by atoms with Crippen molar-refractivity contribution < 1.29 is 9.53 Å². The summed E-state index contributed by atoms with van der Waals surface area (Å²) < 4.78 is 5.14. The number of ether oxygens (including phenoxy) is 1. The minimum absolute atomic E-state index is 0.295. The molecule has 0 spiro atoms. The minimum atomic E-state index is -0.295. The van der Waals surface area contributed by atoms with Gasteiger partial charge in [0.2, 0.25) is 0 Å². The smallest absolute Gasteiger partial charge is 0.330 e. The Morgan fingerprint density at radius 1 is 0.905 bits per heavy atom. The first-order chi connectivity index (χ1) is 10.1. The predicted molar refractivity (Wildman–Crippen MR) is 91.4 cm³/mol. The summed E-state index contributed by atoms with van der Waals surface area (Å²) in [5.41, 5.74) is 0.475. The summed E-state index contributed by atoms with van der Waals surface area (Å²) >= 11 is 0. The standard InChI is InChI=1S/C19H36O2/c1-5-9-13-19(14-10-6-2,15-11-7-3)16-12-17-21-18(20)8-4/h8H,4-7,9-17H2,1-3H3. The normalized spacial score (nSPS) is 11.4. The highest BCUT2D eigenvalue weighted by molar-refractivity contribution is 5.81. The van der Waals surface area contributed by atoms with E-state index in [0.29, 0.717) is 12.0 Å². The van der Waals surface area contributed by atoms with Crippen LogP contribution in [0.3, 0.4) is 0 Å². The molecule has 0 amide bonds. The number of carbonyl (C=O) groups excluding carboxylic acids is 1. The molecule has 0 heterocycles. The van der Waals surface area contributed by atoms with E-state index in [1.54, 1.807) is 0 Å². The molecular formula is C19H36O2. The van der Waals surface area contributed by atoms with Crippen LogP contribution in [0.4, 0.5) is 0 Å². The highest BCUT2D eigenvalue weighted by atomic mass is 16.5. The number of carbonyl (C=O) groups is 1. The highest BCUT2D eigenvalue weighted by Gasteiger charge is 2.27. The first-order valence-electron chi connectivity index (χ1n) is 8.93. The van der Waals surface area contributed by atoms with Gasteiger partial charge in [-0.25, -0.2) is 4.79 Å². The SMILES string of the molecule is C=CC(=O)OCCCC(CCCC)(CCCC)CCCC. The molecule has 0 aliphatic carbocycles. The lowest BCUT2D eigenvalue weighted by molar-refractivity contribution is -0.138. The highest BCUT2D eigenvalue weighted by Crippen LogP contribution is 2.40. The van der Waals surface area contributed by atoms with Gasteiger partial charge in [-0.1, -0.05) is 65.9 Å². The Hall–Kier alpha value is -0.790. The van der Waals surface area contributed by atoms with E-state index in [-0.39, 0.29) is 5.97 Å². The molecule has 124 valence electrons. The van der Waals surface area contributed by atoms with E-state index in [9.17, 15) is 4.79 Å². The van der Waals surface area contributed by atoms with Gasteiger partial charge in [-0.3, -0.25) is 0 Å². The molecule has 21 heavy (non-hydrogen) atoms. The van der Waals surface area contributed by atoms with Crippen LogP contribution in [-0.4, -0.2) is 12.6 Å². The second-order valence-corrected chi connectivity index (χ2v) is 6.29. The Labute approximate surface area is 132 Å². The van der Waals surface area contributed by atoms with Crippen LogP contribution in [0, 0.1) is 5.41 Å². The van der Waals surface area contributed by atoms with Crippen molar-refractivity contribution in [3.63, 3.8) is 0 Å². The van der Waals surface area contributed by atoms with Crippen molar-refractivity contribution in [1.82, 2.24) is 0 Å². The van der Waals surface area contributed by atoms with E-state index in [1.165, 1.54) is 70.3 Å². The van der Waals surface area contributed by atoms with E-state index in [2.05, 4.69) is 27.4 Å². The summed E-state index contributed by atoms with van der Waals surface area (Å²) in [5, 5.41) is 0. The van der Waals surface area contributed by atoms with Gasteiger partial charge in [0.1, 0.15) is 0 Å². The molecule has 0 fully saturated rings. The molecule has 0 aliphatic heterocycles. The summed E-state index contributed by atoms with van der Waals surface area (Å²) in [6, 6.07) is 0. The fourth-order valence-electron chi connectivity index (χ4n) is 3.08. The molecule has 0 saturated carbocycles. The van der Waals surface area contributed by atoms with E-state index in [1.807, 2.05) is 0 Å². The van der Waals surface area contributed by atoms with Crippen molar-refractivity contribution >= 4 is 5.97 Å². The van der Waals surface area contributed by atoms with Crippen LogP contribution in [0.25, 0.3) is 0 Å². The van der Waals surface area contributed by atoms with Crippen LogP contribution < -0.4 is 0 Å². The molecule has 0 atom stereocenters. The molecular weight excluding hydrogens is 260 g/mol. The van der Waals surface area contributed by atoms with Crippen LogP contribution in [0.1, 0.15) is 91.4 Å². The zero-order valence-electron chi connectivity index (χ0n) is 14.6. The Morgan fingerprint density at radius 3 is 1.71 bits per heavy atom. The van der Waals surface area contributed by atoms with E-state index in [0.717, 1.165) is 6.42 Å². The van der Waals surface area contributed by atoms with Gasteiger partial charge < -0.3 is 4.74 Å². The van der Waals surface area contributed by atoms with E-state index in [4.69, 9.17) is 4.74 Å². The van der Waals surface area contributed by atoms with Gasteiger partial charge in [0.05, 0.1) is 6.61 Å². The predicted octanol–water partition coefficient (Wildman–Crippen LogP) is 6.05. The summed E-state index contributed by atoms with van der Waals surface area (Å²) in [4.78, 5) is 11.1. The maximum atomic E-state index is 11.1. The number of hydrogen-bond acceptors (Lipinski definition) is 2. The Balaban J connectivity index is 4.47. The molecule has 0 saturated heterocycles. The Kier molecular flexibility index (Phi) is 12.4. The molecule has 0 aromatic carbocycles. The molecule has 0 aromatic heterocycles. The summed E-state index contributed by atoms with van der Waals surface area (Å²) in [7, 11) is 0. The molecule has 2 nitrogen and oxygen atoms in total. The zero-order chi connectivity index (χ0) is 16.0. The van der Waals surface area contributed by atoms with Gasteiger partial charge in [0, 0.05) is 6.08 Å². The van der Waals surface area contributed by atoms with Crippen LogP contribution >= 0.6 is 0 Å². The Bertz CT molecular complexity index is 249. The molecule has 0 aromatic rings. The average molecular weight is 296 g/mol. The number of unbranched alkanes of at least 4 members (excludes halogenated alkanes) is 3. The molecule has 0 radical (unpaired) electrons. The second-order valence-electron chi connectivity index (χ2n) is 6.29. The molecule has 2 heteroatoms. The maximum Gasteiger partial charge on any atom is 0.330 e. The third kappa shape index (κ3) is 9.71. The third-order valence-corrected chi connectivity index (χ3v) is 4.44. The van der Waals surface area contributed by atoms with Gasteiger partial charge in [0.15, 0.2) is 0 Å². The molecule has 0 N–H and O–H groups in total. The van der Waals surface area contributed by atoms with Gasteiger partial charge in [-0.15, -0.1) is 0 Å². The quantitative estimate of drug-likeness (QED) is 0.221. The second kappa shape index (κ2) is 12.9. The average Bonchev–Trinajstić information content (AvgIpc) is 2.52.